The number of allylic oxidation sites excluding steroid dienone is 1. The van der Waals surface area contributed by atoms with Crippen LogP contribution in [0.15, 0.2) is 35.4 Å². The minimum absolute atomic E-state index is 0.348. The summed E-state index contributed by atoms with van der Waals surface area (Å²) >= 11 is 1.85. The van der Waals surface area contributed by atoms with Gasteiger partial charge in [-0.05, 0) is 73.8 Å². The minimum atomic E-state index is 0.348. The highest BCUT2D eigenvalue weighted by molar-refractivity contribution is 7.98. The van der Waals surface area contributed by atoms with Gasteiger partial charge in [-0.3, -0.25) is 0 Å². The van der Waals surface area contributed by atoms with Gasteiger partial charge in [-0.2, -0.15) is 0 Å². The van der Waals surface area contributed by atoms with E-state index in [1.807, 2.05) is 11.8 Å². The molecule has 0 spiro atoms. The Balaban J connectivity index is 1.64. The molecule has 1 saturated heterocycles. The van der Waals surface area contributed by atoms with Gasteiger partial charge in [0.2, 0.25) is 0 Å². The Morgan fingerprint density at radius 2 is 1.88 bits per heavy atom. The van der Waals surface area contributed by atoms with E-state index in [-0.39, 0.29) is 0 Å². The molecule has 0 N–H and O–H groups in total. The topological polar surface area (TPSA) is 3.24 Å². The fourth-order valence-corrected chi connectivity index (χ4v) is 4.71. The first kappa shape index (κ1) is 21.4. The summed E-state index contributed by atoms with van der Waals surface area (Å²) in [6.45, 7) is 15.9. The van der Waals surface area contributed by atoms with Gasteiger partial charge in [-0.1, -0.05) is 52.3 Å². The zero-order valence-electron chi connectivity index (χ0n) is 17.7. The third-order valence-corrected chi connectivity index (χ3v) is 6.48. The first-order valence-electron chi connectivity index (χ1n) is 10.3. The normalized spacial score (nSPS) is 16.1. The number of hydrogen-bond donors (Lipinski definition) is 0. The SMILES string of the molecule is C=C(CC(C)(C)C)N1CCC(CCCCc2ccc(SC)c(C)c2)CC1. The number of nitrogens with zero attached hydrogens (tertiary/aromatic N) is 1. The lowest BCUT2D eigenvalue weighted by Gasteiger charge is -2.36. The second-order valence-electron chi connectivity index (χ2n) is 9.28. The summed E-state index contributed by atoms with van der Waals surface area (Å²) in [6.07, 6.45) is 11.3. The van der Waals surface area contributed by atoms with Crippen LogP contribution in [0.4, 0.5) is 0 Å². The Bertz CT molecular complexity index is 576. The number of hydrogen-bond acceptors (Lipinski definition) is 2. The van der Waals surface area contributed by atoms with Crippen LogP contribution in [-0.4, -0.2) is 24.2 Å². The summed E-state index contributed by atoms with van der Waals surface area (Å²) in [6, 6.07) is 6.98. The van der Waals surface area contributed by atoms with E-state index in [1.165, 1.54) is 73.3 Å². The van der Waals surface area contributed by atoms with Gasteiger partial charge in [-0.25, -0.2) is 0 Å². The zero-order valence-corrected chi connectivity index (χ0v) is 18.6. The van der Waals surface area contributed by atoms with E-state index in [4.69, 9.17) is 0 Å². The molecule has 0 aromatic heterocycles. The van der Waals surface area contributed by atoms with Crippen LogP contribution in [0.3, 0.4) is 0 Å². The van der Waals surface area contributed by atoms with Crippen molar-refractivity contribution in [2.75, 3.05) is 19.3 Å². The molecule has 26 heavy (non-hydrogen) atoms. The van der Waals surface area contributed by atoms with Gasteiger partial charge >= 0.3 is 0 Å². The number of rotatable bonds is 8. The molecule has 146 valence electrons. The summed E-state index contributed by atoms with van der Waals surface area (Å²) < 4.78 is 0. The van der Waals surface area contributed by atoms with Gasteiger partial charge in [0.05, 0.1) is 0 Å². The van der Waals surface area contributed by atoms with Gasteiger partial charge in [0.1, 0.15) is 0 Å². The van der Waals surface area contributed by atoms with E-state index in [9.17, 15) is 0 Å². The molecule has 1 aromatic carbocycles. The van der Waals surface area contributed by atoms with E-state index >= 15 is 0 Å². The molecule has 0 radical (unpaired) electrons. The lowest BCUT2D eigenvalue weighted by molar-refractivity contribution is 0.199. The molecule has 1 aromatic rings. The maximum atomic E-state index is 4.34. The largest absolute Gasteiger partial charge is 0.375 e. The predicted molar refractivity (Wildman–Crippen MR) is 118 cm³/mol. The maximum Gasteiger partial charge on any atom is 0.0177 e. The molecule has 0 saturated carbocycles. The second kappa shape index (κ2) is 9.88. The van der Waals surface area contributed by atoms with Crippen LogP contribution < -0.4 is 0 Å². The molecule has 1 aliphatic heterocycles. The van der Waals surface area contributed by atoms with Crippen molar-refractivity contribution >= 4 is 11.8 Å². The number of piperidine rings is 1. The highest BCUT2D eigenvalue weighted by Crippen LogP contribution is 2.30. The van der Waals surface area contributed by atoms with E-state index in [0.717, 1.165) is 12.3 Å². The van der Waals surface area contributed by atoms with Crippen molar-refractivity contribution in [3.05, 3.63) is 41.6 Å². The fraction of sp³-hybridized carbons (Fsp3) is 0.667. The molecule has 0 atom stereocenters. The van der Waals surface area contributed by atoms with Crippen molar-refractivity contribution in [1.82, 2.24) is 4.90 Å². The predicted octanol–water partition coefficient (Wildman–Crippen LogP) is 7.09. The highest BCUT2D eigenvalue weighted by atomic mass is 32.2. The molecule has 0 aliphatic carbocycles. The van der Waals surface area contributed by atoms with Gasteiger partial charge in [-0.15, -0.1) is 11.8 Å². The quantitative estimate of drug-likeness (QED) is 0.353. The second-order valence-corrected chi connectivity index (χ2v) is 10.1. The van der Waals surface area contributed by atoms with Gasteiger partial charge in [0.15, 0.2) is 0 Å². The van der Waals surface area contributed by atoms with Crippen LogP contribution in [0.2, 0.25) is 0 Å². The average Bonchev–Trinajstić information content (AvgIpc) is 2.58. The lowest BCUT2D eigenvalue weighted by Crippen LogP contribution is -2.34. The Hall–Kier alpha value is -0.890. The summed E-state index contributed by atoms with van der Waals surface area (Å²) in [5.41, 5.74) is 4.63. The first-order chi connectivity index (χ1) is 12.3. The van der Waals surface area contributed by atoms with E-state index < -0.39 is 0 Å². The third kappa shape index (κ3) is 7.02. The summed E-state index contributed by atoms with van der Waals surface area (Å²) in [5, 5.41) is 0. The molecular weight excluding hydrogens is 334 g/mol. The van der Waals surface area contributed by atoms with Crippen molar-refractivity contribution in [2.24, 2.45) is 11.3 Å². The maximum absolute atomic E-state index is 4.34. The number of thioether (sulfide) groups is 1. The van der Waals surface area contributed by atoms with E-state index in [2.05, 4.69) is 63.6 Å². The van der Waals surface area contributed by atoms with Crippen molar-refractivity contribution in [3.8, 4) is 0 Å². The summed E-state index contributed by atoms with van der Waals surface area (Å²) in [7, 11) is 0. The fourth-order valence-electron chi connectivity index (χ4n) is 4.12. The summed E-state index contributed by atoms with van der Waals surface area (Å²) in [5.74, 6) is 0.925. The molecule has 1 heterocycles. The van der Waals surface area contributed by atoms with Crippen molar-refractivity contribution in [1.29, 1.82) is 0 Å². The smallest absolute Gasteiger partial charge is 0.0177 e. The van der Waals surface area contributed by atoms with Crippen LogP contribution in [0.5, 0.6) is 0 Å². The Morgan fingerprint density at radius 3 is 2.46 bits per heavy atom. The number of aryl methyl sites for hydroxylation is 2. The number of unbranched alkanes of at least 4 members (excludes halogenated alkanes) is 1. The van der Waals surface area contributed by atoms with Crippen LogP contribution in [0.25, 0.3) is 0 Å². The third-order valence-electron chi connectivity index (χ3n) is 5.58. The number of likely N-dealkylation sites (tertiary alicyclic amines) is 1. The van der Waals surface area contributed by atoms with Crippen molar-refractivity contribution < 1.29 is 0 Å². The van der Waals surface area contributed by atoms with Crippen LogP contribution in [0, 0.1) is 18.3 Å². The van der Waals surface area contributed by atoms with Gasteiger partial charge in [0, 0.05) is 23.7 Å². The highest BCUT2D eigenvalue weighted by Gasteiger charge is 2.22. The molecular formula is C24H39NS. The van der Waals surface area contributed by atoms with Crippen LogP contribution >= 0.6 is 11.8 Å². The van der Waals surface area contributed by atoms with Crippen molar-refractivity contribution in [3.63, 3.8) is 0 Å². The molecule has 2 heteroatoms. The molecule has 2 rings (SSSR count). The molecule has 1 aliphatic rings. The Kier molecular flexibility index (Phi) is 8.13. The molecule has 0 unspecified atom stereocenters. The summed E-state index contributed by atoms with van der Waals surface area (Å²) in [4.78, 5) is 3.95. The van der Waals surface area contributed by atoms with Gasteiger partial charge in [0.25, 0.3) is 0 Å². The monoisotopic (exact) mass is 373 g/mol. The molecule has 0 amide bonds. The minimum Gasteiger partial charge on any atom is -0.375 e. The molecule has 1 nitrogen and oxygen atoms in total. The van der Waals surface area contributed by atoms with Gasteiger partial charge < -0.3 is 4.90 Å². The van der Waals surface area contributed by atoms with E-state index in [0.29, 0.717) is 5.41 Å². The molecule has 1 fully saturated rings. The lowest BCUT2D eigenvalue weighted by atomic mass is 9.88. The van der Waals surface area contributed by atoms with Crippen LogP contribution in [-0.2, 0) is 6.42 Å². The van der Waals surface area contributed by atoms with Crippen molar-refractivity contribution in [2.45, 2.75) is 77.5 Å². The first-order valence-corrected chi connectivity index (χ1v) is 11.6. The number of benzene rings is 1. The zero-order chi connectivity index (χ0) is 19.2. The van der Waals surface area contributed by atoms with E-state index in [1.54, 1.807) is 0 Å². The van der Waals surface area contributed by atoms with Crippen LogP contribution in [0.1, 0.15) is 70.4 Å². The Morgan fingerprint density at radius 1 is 1.19 bits per heavy atom. The molecule has 0 bridgehead atoms. The standard InChI is InChI=1S/C24H39NS/c1-19-17-22(11-12-23(19)26-6)10-8-7-9-21-13-15-25(16-14-21)20(2)18-24(3,4)5/h11-12,17,21H,2,7-10,13-16,18H2,1,3-6H3. The Labute approximate surface area is 166 Å². The average molecular weight is 374 g/mol.